The Morgan fingerprint density at radius 2 is 1.78 bits per heavy atom. The molecule has 0 saturated carbocycles. The van der Waals surface area contributed by atoms with Crippen molar-refractivity contribution in [2.75, 3.05) is 5.32 Å². The maximum atomic E-state index is 12.8. The molecule has 2 aromatic rings. The first-order chi connectivity index (χ1) is 15.2. The minimum absolute atomic E-state index is 0.00388. The number of nitrogens with one attached hydrogen (secondary N) is 3. The van der Waals surface area contributed by atoms with Crippen molar-refractivity contribution in [2.45, 2.75) is 66.4 Å². The van der Waals surface area contributed by atoms with Crippen LogP contribution in [-0.2, 0) is 38.8 Å². The van der Waals surface area contributed by atoms with Gasteiger partial charge in [-0.1, -0.05) is 38.1 Å². The van der Waals surface area contributed by atoms with Crippen LogP contribution in [0.4, 0.5) is 5.69 Å². The Morgan fingerprint density at radius 3 is 2.34 bits per heavy atom. The molecule has 174 valence electrons. The smallest absolute Gasteiger partial charge is 0.302 e. The molecule has 1 aromatic carbocycles. The number of esters is 1. The molecule has 0 bridgehead atoms. The van der Waals surface area contributed by atoms with Crippen molar-refractivity contribution >= 4 is 23.5 Å². The van der Waals surface area contributed by atoms with Crippen molar-refractivity contribution in [3.05, 3.63) is 41.7 Å². The number of aromatic nitrogens is 3. The Morgan fingerprint density at radius 1 is 1.09 bits per heavy atom. The minimum atomic E-state index is -0.732. The molecule has 0 spiro atoms. The number of hydrogen-bond acceptors (Lipinski definition) is 7. The fourth-order valence-corrected chi connectivity index (χ4v) is 2.89. The second-order valence-electron chi connectivity index (χ2n) is 7.88. The van der Waals surface area contributed by atoms with Gasteiger partial charge in [-0.05, 0) is 37.0 Å². The van der Waals surface area contributed by atoms with Gasteiger partial charge in [0.2, 0.25) is 11.8 Å². The van der Waals surface area contributed by atoms with Gasteiger partial charge in [0, 0.05) is 18.8 Å². The Labute approximate surface area is 188 Å². The third-order valence-corrected chi connectivity index (χ3v) is 4.79. The molecule has 0 aliphatic heterocycles. The van der Waals surface area contributed by atoms with E-state index in [-0.39, 0.29) is 30.3 Å². The molecule has 1 heterocycles. The summed E-state index contributed by atoms with van der Waals surface area (Å²) >= 11 is 0. The molecule has 0 aliphatic carbocycles. The molecular formula is C22H32N6O4. The average Bonchev–Trinajstić information content (AvgIpc) is 3.21. The number of rotatable bonds is 11. The van der Waals surface area contributed by atoms with Crippen LogP contribution in [0.5, 0.6) is 0 Å². The first-order valence-electron chi connectivity index (χ1n) is 10.7. The summed E-state index contributed by atoms with van der Waals surface area (Å²) in [5.41, 5.74) is 2.27. The lowest BCUT2D eigenvalue weighted by atomic mass is 10.0. The fraction of sp³-hybridized carbons (Fsp3) is 0.500. The van der Waals surface area contributed by atoms with Crippen molar-refractivity contribution in [3.8, 4) is 0 Å². The number of benzene rings is 1. The van der Waals surface area contributed by atoms with E-state index in [0.29, 0.717) is 12.4 Å². The number of amides is 2. The summed E-state index contributed by atoms with van der Waals surface area (Å²) in [5.74, 6) is -0.954. The zero-order chi connectivity index (χ0) is 23.7. The van der Waals surface area contributed by atoms with E-state index < -0.39 is 12.1 Å². The van der Waals surface area contributed by atoms with Gasteiger partial charge >= 0.3 is 5.97 Å². The van der Waals surface area contributed by atoms with Crippen LogP contribution in [0.2, 0.25) is 0 Å². The van der Waals surface area contributed by atoms with E-state index in [1.165, 1.54) is 6.92 Å². The maximum absolute atomic E-state index is 12.8. The van der Waals surface area contributed by atoms with Gasteiger partial charge in [0.1, 0.15) is 12.6 Å². The third kappa shape index (κ3) is 7.77. The summed E-state index contributed by atoms with van der Waals surface area (Å²) < 4.78 is 6.58. The van der Waals surface area contributed by atoms with Crippen molar-refractivity contribution in [2.24, 2.45) is 5.92 Å². The lowest BCUT2D eigenvalue weighted by Crippen LogP contribution is -2.52. The highest BCUT2D eigenvalue weighted by atomic mass is 16.5. The zero-order valence-electron chi connectivity index (χ0n) is 19.2. The zero-order valence-corrected chi connectivity index (χ0v) is 19.2. The van der Waals surface area contributed by atoms with Gasteiger partial charge in [-0.3, -0.25) is 19.7 Å². The SMILES string of the molecule is CCc1cn(CN[C@H](C(=O)N[C@@H](C)C(=O)Nc2ccc(COC(C)=O)cc2)C(C)C)nn1. The third-order valence-electron chi connectivity index (χ3n) is 4.79. The van der Waals surface area contributed by atoms with E-state index in [4.69, 9.17) is 4.74 Å². The highest BCUT2D eigenvalue weighted by molar-refractivity contribution is 5.97. The Kier molecular flexibility index (Phi) is 9.33. The second-order valence-corrected chi connectivity index (χ2v) is 7.88. The van der Waals surface area contributed by atoms with E-state index in [9.17, 15) is 14.4 Å². The van der Waals surface area contributed by atoms with Crippen LogP contribution in [0.25, 0.3) is 0 Å². The minimum Gasteiger partial charge on any atom is -0.461 e. The van der Waals surface area contributed by atoms with Gasteiger partial charge in [-0.15, -0.1) is 5.10 Å². The van der Waals surface area contributed by atoms with Crippen LogP contribution in [-0.4, -0.2) is 44.9 Å². The number of anilines is 1. The van der Waals surface area contributed by atoms with Gasteiger partial charge in [-0.25, -0.2) is 4.68 Å². The molecule has 10 heteroatoms. The van der Waals surface area contributed by atoms with Gasteiger partial charge in [0.15, 0.2) is 0 Å². The first kappa shape index (κ1) is 25.0. The molecule has 10 nitrogen and oxygen atoms in total. The van der Waals surface area contributed by atoms with Crippen LogP contribution in [0, 0.1) is 5.92 Å². The predicted molar refractivity (Wildman–Crippen MR) is 119 cm³/mol. The van der Waals surface area contributed by atoms with Gasteiger partial charge in [0.25, 0.3) is 0 Å². The monoisotopic (exact) mass is 444 g/mol. The molecule has 0 fully saturated rings. The number of ether oxygens (including phenoxy) is 1. The van der Waals surface area contributed by atoms with Gasteiger partial charge in [0.05, 0.1) is 18.4 Å². The fourth-order valence-electron chi connectivity index (χ4n) is 2.89. The molecule has 2 rings (SSSR count). The summed E-state index contributed by atoms with van der Waals surface area (Å²) in [6.07, 6.45) is 2.62. The quantitative estimate of drug-likeness (QED) is 0.449. The lowest BCUT2D eigenvalue weighted by Gasteiger charge is -2.23. The van der Waals surface area contributed by atoms with E-state index in [0.717, 1.165) is 17.7 Å². The molecule has 0 radical (unpaired) electrons. The van der Waals surface area contributed by atoms with Crippen molar-refractivity contribution in [1.29, 1.82) is 0 Å². The van der Waals surface area contributed by atoms with Crippen LogP contribution < -0.4 is 16.0 Å². The molecular weight excluding hydrogens is 412 g/mol. The number of aryl methyl sites for hydroxylation is 1. The standard InChI is InChI=1S/C22H32N6O4/c1-6-18-11-28(27-26-18)13-23-20(14(2)3)22(31)24-15(4)21(30)25-19-9-7-17(8-10-19)12-32-16(5)29/h7-11,14-15,20,23H,6,12-13H2,1-5H3,(H,24,31)(H,25,30)/t15-,20-/m0/s1. The Bertz CT molecular complexity index is 909. The highest BCUT2D eigenvalue weighted by Gasteiger charge is 2.25. The molecule has 0 aliphatic rings. The Hall–Kier alpha value is -3.27. The highest BCUT2D eigenvalue weighted by Crippen LogP contribution is 2.11. The molecule has 3 N–H and O–H groups in total. The van der Waals surface area contributed by atoms with Gasteiger partial charge < -0.3 is 15.4 Å². The maximum Gasteiger partial charge on any atom is 0.302 e. The van der Waals surface area contributed by atoms with E-state index in [1.54, 1.807) is 35.9 Å². The Balaban J connectivity index is 1.87. The molecule has 2 amide bonds. The molecule has 2 atom stereocenters. The second kappa shape index (κ2) is 11.9. The predicted octanol–water partition coefficient (Wildman–Crippen LogP) is 1.62. The largest absolute Gasteiger partial charge is 0.461 e. The topological polar surface area (TPSA) is 127 Å². The van der Waals surface area contributed by atoms with Crippen molar-refractivity contribution in [3.63, 3.8) is 0 Å². The number of carbonyl (C=O) groups excluding carboxylic acids is 3. The van der Waals surface area contributed by atoms with E-state index in [1.807, 2.05) is 27.0 Å². The molecule has 32 heavy (non-hydrogen) atoms. The average molecular weight is 445 g/mol. The van der Waals surface area contributed by atoms with E-state index in [2.05, 4.69) is 26.3 Å². The molecule has 0 unspecified atom stereocenters. The summed E-state index contributed by atoms with van der Waals surface area (Å²) in [5, 5.41) is 16.8. The van der Waals surface area contributed by atoms with Crippen LogP contribution in [0.3, 0.4) is 0 Å². The first-order valence-corrected chi connectivity index (χ1v) is 10.7. The molecule has 1 aromatic heterocycles. The van der Waals surface area contributed by atoms with Crippen LogP contribution in [0.1, 0.15) is 45.9 Å². The lowest BCUT2D eigenvalue weighted by molar-refractivity contribution is -0.142. The van der Waals surface area contributed by atoms with Crippen molar-refractivity contribution in [1.82, 2.24) is 25.6 Å². The number of hydrogen-bond donors (Lipinski definition) is 3. The number of nitrogens with zero attached hydrogens (tertiary/aromatic N) is 3. The normalized spacial score (nSPS) is 12.8. The number of carbonyl (C=O) groups is 3. The van der Waals surface area contributed by atoms with Crippen molar-refractivity contribution < 1.29 is 19.1 Å². The van der Waals surface area contributed by atoms with Gasteiger partial charge in [-0.2, -0.15) is 0 Å². The molecule has 0 saturated heterocycles. The van der Waals surface area contributed by atoms with Crippen LogP contribution >= 0.6 is 0 Å². The van der Waals surface area contributed by atoms with Crippen LogP contribution in [0.15, 0.2) is 30.5 Å². The summed E-state index contributed by atoms with van der Waals surface area (Å²) in [4.78, 5) is 36.2. The van der Waals surface area contributed by atoms with E-state index >= 15 is 0 Å². The summed E-state index contributed by atoms with van der Waals surface area (Å²) in [7, 11) is 0. The summed E-state index contributed by atoms with van der Waals surface area (Å²) in [6, 6.07) is 5.71. The summed E-state index contributed by atoms with van der Waals surface area (Å²) in [6.45, 7) is 9.34.